The summed E-state index contributed by atoms with van der Waals surface area (Å²) >= 11 is 0. The summed E-state index contributed by atoms with van der Waals surface area (Å²) in [5, 5.41) is 0. The molecule has 0 aromatic rings. The first-order valence-electron chi connectivity index (χ1n) is 2.84. The van der Waals surface area contributed by atoms with Gasteiger partial charge in [0, 0.05) is 6.20 Å². The van der Waals surface area contributed by atoms with Crippen LogP contribution in [0.25, 0.3) is 0 Å². The Balaban J connectivity index is 2.57. The van der Waals surface area contributed by atoms with Gasteiger partial charge in [-0.05, 0) is 6.92 Å². The summed E-state index contributed by atoms with van der Waals surface area (Å²) in [6, 6.07) is 0. The fourth-order valence-electron chi connectivity index (χ4n) is 0.778. The fraction of sp³-hybridized carbons (Fsp3) is 0.500. The van der Waals surface area contributed by atoms with Gasteiger partial charge in [0.25, 0.3) is 0 Å². The Bertz CT molecular complexity index is 144. The van der Waals surface area contributed by atoms with Crippen molar-refractivity contribution in [1.82, 2.24) is 4.90 Å². The summed E-state index contributed by atoms with van der Waals surface area (Å²) in [7, 11) is 0. The minimum Gasteiger partial charge on any atom is -0.444 e. The second-order valence-electron chi connectivity index (χ2n) is 2.03. The Morgan fingerprint density at radius 3 is 2.89 bits per heavy atom. The van der Waals surface area contributed by atoms with Gasteiger partial charge in [-0.3, -0.25) is 4.90 Å². The van der Waals surface area contributed by atoms with Crippen LogP contribution in [0.4, 0.5) is 4.79 Å². The smallest absolute Gasteiger partial charge is 0.414 e. The van der Waals surface area contributed by atoms with Crippen LogP contribution in [0.3, 0.4) is 0 Å². The lowest BCUT2D eigenvalue weighted by molar-refractivity contribution is 0.142. The Morgan fingerprint density at radius 2 is 2.67 bits per heavy atom. The monoisotopic (exact) mass is 127 g/mol. The largest absolute Gasteiger partial charge is 0.444 e. The third kappa shape index (κ3) is 1.04. The van der Waals surface area contributed by atoms with Crippen molar-refractivity contribution >= 4 is 6.09 Å². The van der Waals surface area contributed by atoms with Crippen LogP contribution in [0, 0.1) is 0 Å². The highest BCUT2D eigenvalue weighted by atomic mass is 16.6. The molecular weight excluding hydrogens is 118 g/mol. The number of amides is 1. The summed E-state index contributed by atoms with van der Waals surface area (Å²) in [6.45, 7) is 5.93. The summed E-state index contributed by atoms with van der Waals surface area (Å²) in [6.07, 6.45) is 1.19. The number of ether oxygens (including phenoxy) is 1. The number of rotatable bonds is 1. The van der Waals surface area contributed by atoms with E-state index in [0.717, 1.165) is 0 Å². The van der Waals surface area contributed by atoms with Crippen LogP contribution in [0.15, 0.2) is 12.8 Å². The van der Waals surface area contributed by atoms with Crippen molar-refractivity contribution in [3.05, 3.63) is 12.8 Å². The lowest BCUT2D eigenvalue weighted by atomic mass is 10.4. The first-order chi connectivity index (χ1) is 4.24. The zero-order valence-electron chi connectivity index (χ0n) is 5.33. The molecule has 1 aliphatic rings. The van der Waals surface area contributed by atoms with Crippen LogP contribution < -0.4 is 0 Å². The predicted octanol–water partition coefficient (Wildman–Crippen LogP) is 0.971. The molecule has 9 heavy (non-hydrogen) atoms. The molecule has 0 spiro atoms. The molecule has 3 heteroatoms. The molecule has 1 heterocycles. The highest BCUT2D eigenvalue weighted by Gasteiger charge is 2.25. The lowest BCUT2D eigenvalue weighted by Crippen LogP contribution is -2.16. The van der Waals surface area contributed by atoms with Gasteiger partial charge in [-0.2, -0.15) is 0 Å². The minimum atomic E-state index is -0.294. The average molecular weight is 127 g/mol. The molecule has 1 amide bonds. The van der Waals surface area contributed by atoms with Gasteiger partial charge in [-0.25, -0.2) is 4.79 Å². The number of cyclic esters (lactones) is 1. The van der Waals surface area contributed by atoms with E-state index in [4.69, 9.17) is 4.74 Å². The van der Waals surface area contributed by atoms with Crippen LogP contribution in [-0.4, -0.2) is 23.6 Å². The molecule has 0 aromatic heterocycles. The Hall–Kier alpha value is -0.990. The van der Waals surface area contributed by atoms with E-state index in [1.807, 2.05) is 6.92 Å². The van der Waals surface area contributed by atoms with E-state index < -0.39 is 0 Å². The molecule has 0 aromatic carbocycles. The summed E-state index contributed by atoms with van der Waals surface area (Å²) in [5.74, 6) is 0. The molecule has 0 N–H and O–H groups in total. The molecule has 1 aliphatic heterocycles. The Morgan fingerprint density at radius 1 is 2.00 bits per heavy atom. The third-order valence-electron chi connectivity index (χ3n) is 1.21. The molecule has 50 valence electrons. The topological polar surface area (TPSA) is 29.5 Å². The molecule has 1 fully saturated rings. The van der Waals surface area contributed by atoms with Crippen molar-refractivity contribution in [2.45, 2.75) is 13.0 Å². The minimum absolute atomic E-state index is 0.00972. The predicted molar refractivity (Wildman–Crippen MR) is 32.8 cm³/mol. The maximum absolute atomic E-state index is 10.6. The van der Waals surface area contributed by atoms with E-state index in [-0.39, 0.29) is 12.2 Å². The normalized spacial score (nSPS) is 26.1. The van der Waals surface area contributed by atoms with E-state index in [9.17, 15) is 4.79 Å². The first kappa shape index (κ1) is 6.13. The zero-order valence-corrected chi connectivity index (χ0v) is 5.33. The SMILES string of the molecule is C=CN1C[C@H](C)OC1=O. The number of carbonyl (C=O) groups is 1. The van der Waals surface area contributed by atoms with Crippen molar-refractivity contribution in [3.63, 3.8) is 0 Å². The van der Waals surface area contributed by atoms with Crippen molar-refractivity contribution < 1.29 is 9.53 Å². The van der Waals surface area contributed by atoms with Gasteiger partial charge in [0.2, 0.25) is 0 Å². The number of carbonyl (C=O) groups excluding carboxylic acids is 1. The number of hydrogen-bond donors (Lipinski definition) is 0. The molecular formula is C6H9NO2. The van der Waals surface area contributed by atoms with Crippen molar-refractivity contribution in [1.29, 1.82) is 0 Å². The third-order valence-corrected chi connectivity index (χ3v) is 1.21. The Kier molecular flexibility index (Phi) is 1.42. The van der Waals surface area contributed by atoms with E-state index in [0.29, 0.717) is 6.54 Å². The zero-order chi connectivity index (χ0) is 6.85. The van der Waals surface area contributed by atoms with Crippen molar-refractivity contribution in [2.75, 3.05) is 6.54 Å². The molecule has 0 saturated carbocycles. The summed E-state index contributed by atoms with van der Waals surface area (Å²) in [5.41, 5.74) is 0. The summed E-state index contributed by atoms with van der Waals surface area (Å²) in [4.78, 5) is 12.1. The van der Waals surface area contributed by atoms with Crippen molar-refractivity contribution in [3.8, 4) is 0 Å². The second-order valence-corrected chi connectivity index (χ2v) is 2.03. The van der Waals surface area contributed by atoms with Crippen molar-refractivity contribution in [2.24, 2.45) is 0 Å². The lowest BCUT2D eigenvalue weighted by Gasteiger charge is -2.01. The van der Waals surface area contributed by atoms with Gasteiger partial charge < -0.3 is 4.74 Å². The van der Waals surface area contributed by atoms with E-state index in [1.54, 1.807) is 0 Å². The van der Waals surface area contributed by atoms with Crippen LogP contribution >= 0.6 is 0 Å². The van der Waals surface area contributed by atoms with Gasteiger partial charge in [0.05, 0.1) is 6.54 Å². The first-order valence-corrected chi connectivity index (χ1v) is 2.84. The quantitative estimate of drug-likeness (QED) is 0.525. The molecule has 1 rings (SSSR count). The molecule has 1 saturated heterocycles. The standard InChI is InChI=1S/C6H9NO2/c1-3-7-4-5(2)9-6(7)8/h3,5H,1,4H2,2H3/t5-/m0/s1. The van der Waals surface area contributed by atoms with E-state index in [1.165, 1.54) is 11.1 Å². The van der Waals surface area contributed by atoms with Crippen LogP contribution in [0.1, 0.15) is 6.92 Å². The molecule has 0 radical (unpaired) electrons. The maximum atomic E-state index is 10.6. The van der Waals surface area contributed by atoms with Crippen LogP contribution in [0.2, 0.25) is 0 Å². The molecule has 3 nitrogen and oxygen atoms in total. The van der Waals surface area contributed by atoms with Crippen LogP contribution in [0.5, 0.6) is 0 Å². The highest BCUT2D eigenvalue weighted by molar-refractivity contribution is 5.70. The number of hydrogen-bond acceptors (Lipinski definition) is 2. The summed E-state index contributed by atoms with van der Waals surface area (Å²) < 4.78 is 4.78. The van der Waals surface area contributed by atoms with Gasteiger partial charge in [0.1, 0.15) is 6.10 Å². The fourth-order valence-corrected chi connectivity index (χ4v) is 0.778. The van der Waals surface area contributed by atoms with E-state index >= 15 is 0 Å². The van der Waals surface area contributed by atoms with E-state index in [2.05, 4.69) is 6.58 Å². The second kappa shape index (κ2) is 2.09. The molecule has 0 aliphatic carbocycles. The number of nitrogens with zero attached hydrogens (tertiary/aromatic N) is 1. The van der Waals surface area contributed by atoms with Gasteiger partial charge in [-0.15, -0.1) is 0 Å². The molecule has 0 bridgehead atoms. The molecule has 0 unspecified atom stereocenters. The maximum Gasteiger partial charge on any atom is 0.414 e. The highest BCUT2D eigenvalue weighted by Crippen LogP contribution is 2.09. The average Bonchev–Trinajstić information content (AvgIpc) is 2.10. The van der Waals surface area contributed by atoms with Gasteiger partial charge in [0.15, 0.2) is 0 Å². The van der Waals surface area contributed by atoms with Crippen LogP contribution in [-0.2, 0) is 4.74 Å². The van der Waals surface area contributed by atoms with Gasteiger partial charge >= 0.3 is 6.09 Å². The Labute approximate surface area is 53.9 Å². The van der Waals surface area contributed by atoms with Gasteiger partial charge in [-0.1, -0.05) is 6.58 Å². The molecule has 1 atom stereocenters.